The second-order valence-corrected chi connectivity index (χ2v) is 5.07. The van der Waals surface area contributed by atoms with Crippen LogP contribution in [0, 0.1) is 11.3 Å². The fraction of sp³-hybridized carbons (Fsp3) is 0.0714. The maximum Gasteiger partial charge on any atom is 0.266 e. The molecule has 0 bridgehead atoms. The van der Waals surface area contributed by atoms with Gasteiger partial charge in [0.15, 0.2) is 0 Å². The lowest BCUT2D eigenvalue weighted by Crippen LogP contribution is -1.92. The number of nitriles is 1. The molecule has 0 unspecified atom stereocenters. The van der Waals surface area contributed by atoms with Crippen molar-refractivity contribution in [3.8, 4) is 17.6 Å². The van der Waals surface area contributed by atoms with E-state index in [4.69, 9.17) is 28.5 Å². The van der Waals surface area contributed by atoms with Crippen molar-refractivity contribution in [2.24, 2.45) is 20.5 Å². The van der Waals surface area contributed by atoms with Crippen LogP contribution in [0.15, 0.2) is 56.9 Å². The topological polar surface area (TPSA) is 114 Å². The molecule has 2 aromatic rings. The quantitative estimate of drug-likeness (QED) is 0.746. The van der Waals surface area contributed by atoms with Gasteiger partial charge >= 0.3 is 0 Å². The summed E-state index contributed by atoms with van der Waals surface area (Å²) in [6.45, 7) is 0. The predicted molar refractivity (Wildman–Crippen MR) is 84.7 cm³/mol. The Morgan fingerprint density at radius 3 is 1.70 bits per heavy atom. The van der Waals surface area contributed by atoms with Gasteiger partial charge in [-0.3, -0.25) is 0 Å². The third-order valence-electron chi connectivity index (χ3n) is 2.54. The Kier molecular flexibility index (Phi) is 5.46. The number of nitrogens with zero attached hydrogens (tertiary/aromatic N) is 5. The van der Waals surface area contributed by atoms with E-state index < -0.39 is 6.17 Å². The number of phenols is 2. The highest BCUT2D eigenvalue weighted by Gasteiger charge is 2.06. The maximum absolute atomic E-state index is 9.60. The highest BCUT2D eigenvalue weighted by molar-refractivity contribution is 6.31. The molecule has 0 atom stereocenters. The predicted octanol–water partition coefficient (Wildman–Crippen LogP) is 5.12. The van der Waals surface area contributed by atoms with E-state index in [1.54, 1.807) is 6.07 Å². The lowest BCUT2D eigenvalue weighted by atomic mass is 10.3. The first kappa shape index (κ1) is 16.7. The van der Waals surface area contributed by atoms with Gasteiger partial charge in [0.2, 0.25) is 0 Å². The number of rotatable bonds is 4. The molecule has 0 amide bonds. The molecule has 0 aliphatic heterocycles. The zero-order chi connectivity index (χ0) is 16.8. The number of benzene rings is 2. The van der Waals surface area contributed by atoms with Crippen molar-refractivity contribution < 1.29 is 10.2 Å². The Labute approximate surface area is 141 Å². The van der Waals surface area contributed by atoms with Gasteiger partial charge in [-0.15, -0.1) is 20.5 Å². The molecule has 0 aliphatic carbocycles. The van der Waals surface area contributed by atoms with Gasteiger partial charge in [0, 0.05) is 10.0 Å². The smallest absolute Gasteiger partial charge is 0.266 e. The van der Waals surface area contributed by atoms with Gasteiger partial charge < -0.3 is 10.2 Å². The summed E-state index contributed by atoms with van der Waals surface area (Å²) in [6, 6.07) is 10.2. The fourth-order valence-electron chi connectivity index (χ4n) is 1.46. The van der Waals surface area contributed by atoms with Crippen LogP contribution in [-0.4, -0.2) is 16.4 Å². The molecule has 0 aromatic heterocycles. The fourth-order valence-corrected chi connectivity index (χ4v) is 1.79. The number of azo groups is 2. The van der Waals surface area contributed by atoms with Crippen molar-refractivity contribution in [2.75, 3.05) is 0 Å². The summed E-state index contributed by atoms with van der Waals surface area (Å²) < 4.78 is 0. The minimum atomic E-state index is -1.26. The first-order chi connectivity index (χ1) is 11.0. The van der Waals surface area contributed by atoms with E-state index in [2.05, 4.69) is 20.5 Å². The van der Waals surface area contributed by atoms with Crippen molar-refractivity contribution in [1.29, 1.82) is 5.26 Å². The van der Waals surface area contributed by atoms with Gasteiger partial charge in [-0.1, -0.05) is 23.2 Å². The van der Waals surface area contributed by atoms with Crippen LogP contribution in [-0.2, 0) is 0 Å². The summed E-state index contributed by atoms with van der Waals surface area (Å²) in [5.41, 5.74) is 0.192. The van der Waals surface area contributed by atoms with Crippen LogP contribution in [0.3, 0.4) is 0 Å². The summed E-state index contributed by atoms with van der Waals surface area (Å²) in [5, 5.41) is 43.6. The Hall–Kier alpha value is -2.69. The van der Waals surface area contributed by atoms with E-state index >= 15 is 0 Å². The lowest BCUT2D eigenvalue weighted by molar-refractivity contribution is 0.476. The molecular formula is C14H9Cl2N5O2. The molecular weight excluding hydrogens is 341 g/mol. The molecule has 0 aliphatic rings. The molecule has 2 N–H and O–H groups in total. The van der Waals surface area contributed by atoms with Crippen LogP contribution in [0.25, 0.3) is 0 Å². The summed E-state index contributed by atoms with van der Waals surface area (Å²) >= 11 is 11.6. The van der Waals surface area contributed by atoms with Gasteiger partial charge in [0.05, 0.1) is 0 Å². The first-order valence-corrected chi connectivity index (χ1v) is 6.93. The van der Waals surface area contributed by atoms with Crippen molar-refractivity contribution in [3.63, 3.8) is 0 Å². The number of aromatic hydroxyl groups is 2. The number of phenolic OH excluding ortho intramolecular Hbond substituents is 2. The Bertz CT molecular complexity index is 756. The molecule has 7 nitrogen and oxygen atoms in total. The summed E-state index contributed by atoms with van der Waals surface area (Å²) in [4.78, 5) is 0. The van der Waals surface area contributed by atoms with E-state index in [-0.39, 0.29) is 22.9 Å². The molecule has 0 saturated carbocycles. The van der Waals surface area contributed by atoms with E-state index in [1.807, 2.05) is 0 Å². The molecule has 9 heteroatoms. The molecule has 0 fully saturated rings. The lowest BCUT2D eigenvalue weighted by Gasteiger charge is -2.00. The minimum Gasteiger partial charge on any atom is -0.506 e. The standard InChI is InChI=1S/C14H9Cl2N5O2/c15-8-1-3-12(22)10(5-8)18-20-14(7-17)21-19-11-6-9(16)2-4-13(11)23/h1-6,14,22-23H. The van der Waals surface area contributed by atoms with Gasteiger partial charge in [0.1, 0.15) is 28.9 Å². The SMILES string of the molecule is N#CC(N=Nc1cc(Cl)ccc1O)N=Nc1cc(Cl)ccc1O. The largest absolute Gasteiger partial charge is 0.506 e. The van der Waals surface area contributed by atoms with Crippen LogP contribution in [0.5, 0.6) is 11.5 Å². The Balaban J connectivity index is 2.19. The maximum atomic E-state index is 9.60. The molecule has 0 saturated heterocycles. The monoisotopic (exact) mass is 349 g/mol. The van der Waals surface area contributed by atoms with Crippen LogP contribution in [0.2, 0.25) is 10.0 Å². The van der Waals surface area contributed by atoms with Crippen molar-refractivity contribution in [2.45, 2.75) is 6.17 Å². The van der Waals surface area contributed by atoms with E-state index in [0.29, 0.717) is 10.0 Å². The average Bonchev–Trinajstić information content (AvgIpc) is 2.53. The van der Waals surface area contributed by atoms with Crippen LogP contribution in [0.1, 0.15) is 0 Å². The highest BCUT2D eigenvalue weighted by Crippen LogP contribution is 2.31. The van der Waals surface area contributed by atoms with Crippen LogP contribution in [0.4, 0.5) is 11.4 Å². The average molecular weight is 350 g/mol. The van der Waals surface area contributed by atoms with Gasteiger partial charge in [-0.25, -0.2) is 0 Å². The summed E-state index contributed by atoms with van der Waals surface area (Å²) in [5.74, 6) is -0.279. The summed E-state index contributed by atoms with van der Waals surface area (Å²) in [7, 11) is 0. The van der Waals surface area contributed by atoms with Gasteiger partial charge in [-0.05, 0) is 36.4 Å². The molecule has 2 aromatic carbocycles. The normalized spacial score (nSPS) is 12.6. The first-order valence-electron chi connectivity index (χ1n) is 6.18. The van der Waals surface area contributed by atoms with Crippen LogP contribution < -0.4 is 0 Å². The van der Waals surface area contributed by atoms with Crippen molar-refractivity contribution in [1.82, 2.24) is 0 Å². The van der Waals surface area contributed by atoms with Crippen molar-refractivity contribution in [3.05, 3.63) is 46.4 Å². The molecule has 116 valence electrons. The Morgan fingerprint density at radius 2 is 1.30 bits per heavy atom. The van der Waals surface area contributed by atoms with E-state index in [1.165, 1.54) is 36.4 Å². The third kappa shape index (κ3) is 4.64. The number of hydrogen-bond acceptors (Lipinski definition) is 7. The molecule has 0 heterocycles. The molecule has 0 spiro atoms. The minimum absolute atomic E-state index is 0.0959. The Morgan fingerprint density at radius 1 is 0.870 bits per heavy atom. The van der Waals surface area contributed by atoms with Crippen molar-refractivity contribution >= 4 is 34.6 Å². The molecule has 23 heavy (non-hydrogen) atoms. The third-order valence-corrected chi connectivity index (χ3v) is 3.01. The zero-order valence-electron chi connectivity index (χ0n) is 11.4. The van der Waals surface area contributed by atoms with E-state index in [9.17, 15) is 10.2 Å². The highest BCUT2D eigenvalue weighted by atomic mass is 35.5. The van der Waals surface area contributed by atoms with Gasteiger partial charge in [0.25, 0.3) is 6.17 Å². The number of hydrogen-bond donors (Lipinski definition) is 2. The second-order valence-electron chi connectivity index (χ2n) is 4.20. The zero-order valence-corrected chi connectivity index (χ0v) is 12.9. The number of halogens is 2. The second kappa shape index (κ2) is 7.54. The molecule has 0 radical (unpaired) electrons. The van der Waals surface area contributed by atoms with Gasteiger partial charge in [-0.2, -0.15) is 5.26 Å². The van der Waals surface area contributed by atoms with Crippen LogP contribution >= 0.6 is 23.2 Å². The van der Waals surface area contributed by atoms with E-state index in [0.717, 1.165) is 0 Å². The molecule has 2 rings (SSSR count). The summed E-state index contributed by atoms with van der Waals surface area (Å²) in [6.07, 6.45) is -1.26.